The minimum atomic E-state index is -0.0542. The van der Waals surface area contributed by atoms with Crippen LogP contribution in [0.5, 0.6) is 0 Å². The second-order valence-electron chi connectivity index (χ2n) is 5.89. The Balaban J connectivity index is 2.04. The van der Waals surface area contributed by atoms with Crippen molar-refractivity contribution >= 4 is 10.8 Å². The summed E-state index contributed by atoms with van der Waals surface area (Å²) in [6, 6.07) is 14.7. The molecule has 0 unspecified atom stereocenters. The molecule has 4 nitrogen and oxygen atoms in total. The molecule has 0 aliphatic heterocycles. The summed E-state index contributed by atoms with van der Waals surface area (Å²) in [6.07, 6.45) is 2.04. The van der Waals surface area contributed by atoms with E-state index < -0.39 is 0 Å². The highest BCUT2D eigenvalue weighted by Crippen LogP contribution is 2.27. The minimum absolute atomic E-state index is 0.0542. The highest BCUT2D eigenvalue weighted by atomic mass is 16.3. The van der Waals surface area contributed by atoms with Gasteiger partial charge in [-0.05, 0) is 29.2 Å². The summed E-state index contributed by atoms with van der Waals surface area (Å²) in [7, 11) is 0. The Kier molecular flexibility index (Phi) is 4.72. The van der Waals surface area contributed by atoms with Crippen LogP contribution in [0.4, 0.5) is 0 Å². The Hall–Kier alpha value is -2.20. The molecule has 1 N–H and O–H groups in total. The number of hydrogen-bond acceptors (Lipinski definition) is 3. The van der Waals surface area contributed by atoms with Crippen molar-refractivity contribution in [2.45, 2.75) is 45.8 Å². The molecule has 0 bridgehead atoms. The van der Waals surface area contributed by atoms with Gasteiger partial charge < -0.3 is 5.11 Å². The maximum Gasteiger partial charge on any atom is 0.112 e. The molecule has 0 amide bonds. The van der Waals surface area contributed by atoms with Gasteiger partial charge in [-0.2, -0.15) is 0 Å². The molecule has 0 aliphatic carbocycles. The average Bonchev–Trinajstić information content (AvgIpc) is 2.99. The fourth-order valence-electron chi connectivity index (χ4n) is 3.30. The molecular formula is C19H23N3O. The van der Waals surface area contributed by atoms with Crippen molar-refractivity contribution in [3.8, 4) is 0 Å². The summed E-state index contributed by atoms with van der Waals surface area (Å²) in [5.74, 6) is 0.377. The lowest BCUT2D eigenvalue weighted by Crippen LogP contribution is -2.11. The number of fused-ring (bicyclic) bond motifs is 1. The molecule has 4 heteroatoms. The first-order valence-electron chi connectivity index (χ1n) is 8.28. The third kappa shape index (κ3) is 2.99. The van der Waals surface area contributed by atoms with Gasteiger partial charge in [0.1, 0.15) is 5.69 Å². The van der Waals surface area contributed by atoms with Gasteiger partial charge in [-0.3, -0.25) is 0 Å². The van der Waals surface area contributed by atoms with Crippen LogP contribution in [0.3, 0.4) is 0 Å². The van der Waals surface area contributed by atoms with E-state index in [1.807, 2.05) is 4.68 Å². The molecule has 0 saturated heterocycles. The van der Waals surface area contributed by atoms with Crippen LogP contribution in [0, 0.1) is 0 Å². The van der Waals surface area contributed by atoms with Crippen molar-refractivity contribution in [2.24, 2.45) is 0 Å². The van der Waals surface area contributed by atoms with Crippen molar-refractivity contribution in [2.75, 3.05) is 0 Å². The number of aliphatic hydroxyl groups excluding tert-OH is 1. The molecule has 2 aromatic carbocycles. The minimum Gasteiger partial charge on any atom is -0.390 e. The smallest absolute Gasteiger partial charge is 0.112 e. The van der Waals surface area contributed by atoms with Crippen molar-refractivity contribution < 1.29 is 5.11 Å². The zero-order chi connectivity index (χ0) is 16.2. The van der Waals surface area contributed by atoms with E-state index in [0.29, 0.717) is 18.2 Å². The largest absolute Gasteiger partial charge is 0.390 e. The predicted molar refractivity (Wildman–Crippen MR) is 92.3 cm³/mol. The van der Waals surface area contributed by atoms with Crippen LogP contribution >= 0.6 is 0 Å². The first kappa shape index (κ1) is 15.7. The third-order valence-corrected chi connectivity index (χ3v) is 4.57. The van der Waals surface area contributed by atoms with Crippen molar-refractivity contribution in [3.63, 3.8) is 0 Å². The SMILES string of the molecule is CCC(CC)c1c(CO)nnn1Cc1cccc2ccccc12. The Bertz CT molecular complexity index is 785. The molecule has 1 heterocycles. The van der Waals surface area contributed by atoms with E-state index in [1.165, 1.54) is 16.3 Å². The molecule has 0 atom stereocenters. The zero-order valence-electron chi connectivity index (χ0n) is 13.7. The normalized spacial score (nSPS) is 11.5. The summed E-state index contributed by atoms with van der Waals surface area (Å²) in [6.45, 7) is 4.97. The van der Waals surface area contributed by atoms with Crippen LogP contribution in [0.25, 0.3) is 10.8 Å². The lowest BCUT2D eigenvalue weighted by molar-refractivity contribution is 0.274. The van der Waals surface area contributed by atoms with E-state index in [0.717, 1.165) is 18.5 Å². The van der Waals surface area contributed by atoms with Crippen LogP contribution in [-0.2, 0) is 13.2 Å². The van der Waals surface area contributed by atoms with Gasteiger partial charge in [-0.15, -0.1) is 5.10 Å². The van der Waals surface area contributed by atoms with Gasteiger partial charge in [0.25, 0.3) is 0 Å². The zero-order valence-corrected chi connectivity index (χ0v) is 13.7. The summed E-state index contributed by atoms with van der Waals surface area (Å²) in [5.41, 5.74) is 3.01. The highest BCUT2D eigenvalue weighted by Gasteiger charge is 2.20. The first-order valence-corrected chi connectivity index (χ1v) is 8.28. The number of benzene rings is 2. The standard InChI is InChI=1S/C19H23N3O/c1-3-14(4-2)19-18(13-23)20-21-22(19)12-16-10-7-9-15-8-5-6-11-17(15)16/h5-11,14,23H,3-4,12-13H2,1-2H3. The summed E-state index contributed by atoms with van der Waals surface area (Å²) in [4.78, 5) is 0. The number of aromatic nitrogens is 3. The number of nitrogens with zero attached hydrogens (tertiary/aromatic N) is 3. The van der Waals surface area contributed by atoms with E-state index in [9.17, 15) is 5.11 Å². The molecule has 1 aromatic heterocycles. The van der Waals surface area contributed by atoms with E-state index in [2.05, 4.69) is 66.6 Å². The Morgan fingerprint density at radius 3 is 2.52 bits per heavy atom. The molecule has 23 heavy (non-hydrogen) atoms. The first-order chi connectivity index (χ1) is 11.3. The molecule has 120 valence electrons. The Morgan fingerprint density at radius 2 is 1.78 bits per heavy atom. The average molecular weight is 309 g/mol. The summed E-state index contributed by atoms with van der Waals surface area (Å²) >= 11 is 0. The maximum absolute atomic E-state index is 9.59. The molecule has 0 spiro atoms. The Morgan fingerprint density at radius 1 is 1.04 bits per heavy atom. The number of aliphatic hydroxyl groups is 1. The lowest BCUT2D eigenvalue weighted by atomic mass is 9.97. The Labute approximate surface area is 136 Å². The summed E-state index contributed by atoms with van der Waals surface area (Å²) < 4.78 is 1.96. The quantitative estimate of drug-likeness (QED) is 0.752. The van der Waals surface area contributed by atoms with E-state index in [1.54, 1.807) is 0 Å². The lowest BCUT2D eigenvalue weighted by Gasteiger charge is -2.16. The fourth-order valence-corrected chi connectivity index (χ4v) is 3.30. The molecule has 0 saturated carbocycles. The van der Waals surface area contributed by atoms with Gasteiger partial charge in [0.15, 0.2) is 0 Å². The predicted octanol–water partition coefficient (Wildman–Crippen LogP) is 3.88. The van der Waals surface area contributed by atoms with E-state index in [-0.39, 0.29) is 6.61 Å². The van der Waals surface area contributed by atoms with Gasteiger partial charge in [0.05, 0.1) is 18.8 Å². The van der Waals surface area contributed by atoms with Gasteiger partial charge in [0.2, 0.25) is 0 Å². The van der Waals surface area contributed by atoms with Gasteiger partial charge in [-0.1, -0.05) is 61.5 Å². The monoisotopic (exact) mass is 309 g/mol. The highest BCUT2D eigenvalue weighted by molar-refractivity contribution is 5.85. The third-order valence-electron chi connectivity index (χ3n) is 4.57. The molecule has 3 rings (SSSR count). The van der Waals surface area contributed by atoms with Crippen molar-refractivity contribution in [3.05, 3.63) is 59.4 Å². The van der Waals surface area contributed by atoms with Crippen LogP contribution in [0.15, 0.2) is 42.5 Å². The van der Waals surface area contributed by atoms with Gasteiger partial charge >= 0.3 is 0 Å². The topological polar surface area (TPSA) is 50.9 Å². The van der Waals surface area contributed by atoms with E-state index in [4.69, 9.17) is 0 Å². The van der Waals surface area contributed by atoms with Gasteiger partial charge in [0, 0.05) is 5.92 Å². The molecule has 0 aliphatic rings. The van der Waals surface area contributed by atoms with Crippen LogP contribution < -0.4 is 0 Å². The second kappa shape index (κ2) is 6.92. The van der Waals surface area contributed by atoms with Crippen LogP contribution in [-0.4, -0.2) is 20.1 Å². The van der Waals surface area contributed by atoms with Crippen LogP contribution in [0.1, 0.15) is 49.6 Å². The molecular weight excluding hydrogens is 286 g/mol. The second-order valence-corrected chi connectivity index (χ2v) is 5.89. The van der Waals surface area contributed by atoms with Crippen molar-refractivity contribution in [1.82, 2.24) is 15.0 Å². The van der Waals surface area contributed by atoms with Crippen LogP contribution in [0.2, 0.25) is 0 Å². The maximum atomic E-state index is 9.59. The van der Waals surface area contributed by atoms with E-state index >= 15 is 0 Å². The molecule has 3 aromatic rings. The fraction of sp³-hybridized carbons (Fsp3) is 0.368. The molecule has 0 fully saturated rings. The number of hydrogen-bond donors (Lipinski definition) is 1. The van der Waals surface area contributed by atoms with Crippen molar-refractivity contribution in [1.29, 1.82) is 0 Å². The molecule has 0 radical (unpaired) electrons. The van der Waals surface area contributed by atoms with Gasteiger partial charge in [-0.25, -0.2) is 4.68 Å². The summed E-state index contributed by atoms with van der Waals surface area (Å²) in [5, 5.41) is 20.6. The number of rotatable bonds is 6.